The van der Waals surface area contributed by atoms with E-state index in [4.69, 9.17) is 0 Å². The number of hydrogen-bond donors (Lipinski definition) is 1. The van der Waals surface area contributed by atoms with Crippen LogP contribution >= 0.6 is 0 Å². The molecule has 0 rings (SSSR count). The van der Waals surface area contributed by atoms with Crippen molar-refractivity contribution in [1.82, 2.24) is 5.32 Å². The van der Waals surface area contributed by atoms with Gasteiger partial charge in [-0.3, -0.25) is 0 Å². The Morgan fingerprint density at radius 2 is 1.75 bits per heavy atom. The quantitative estimate of drug-likeness (QED) is 0.505. The third-order valence-corrected chi connectivity index (χ3v) is 1.01. The summed E-state index contributed by atoms with van der Waals surface area (Å²) in [4.78, 5) is 0. The van der Waals surface area contributed by atoms with Crippen LogP contribution in [-0.4, -0.2) is 13.6 Å². The van der Waals surface area contributed by atoms with Crippen molar-refractivity contribution in [2.45, 2.75) is 20.8 Å². The van der Waals surface area contributed by atoms with Crippen LogP contribution in [0, 0.1) is 0 Å². The van der Waals surface area contributed by atoms with E-state index < -0.39 is 0 Å². The van der Waals surface area contributed by atoms with Crippen LogP contribution in [0.5, 0.6) is 0 Å². The van der Waals surface area contributed by atoms with Crippen molar-refractivity contribution in [3.63, 3.8) is 0 Å². The zero-order chi connectivity index (χ0) is 10.4. The van der Waals surface area contributed by atoms with Crippen LogP contribution in [0.15, 0.2) is 37.5 Å². The van der Waals surface area contributed by atoms with Gasteiger partial charge in [-0.1, -0.05) is 32.6 Å². The molecule has 0 radical (unpaired) electrons. The van der Waals surface area contributed by atoms with Crippen molar-refractivity contribution < 1.29 is 0 Å². The molecule has 12 heavy (non-hydrogen) atoms. The molecule has 72 valence electrons. The SMILES string of the molecule is C=C.C=C/C(=C\C)CNC.CC. The van der Waals surface area contributed by atoms with E-state index in [1.165, 1.54) is 5.57 Å². The number of rotatable bonds is 3. The monoisotopic (exact) mass is 169 g/mol. The van der Waals surface area contributed by atoms with Crippen molar-refractivity contribution in [2.75, 3.05) is 13.6 Å². The van der Waals surface area contributed by atoms with Gasteiger partial charge < -0.3 is 5.32 Å². The number of nitrogens with one attached hydrogen (secondary N) is 1. The van der Waals surface area contributed by atoms with Crippen molar-refractivity contribution in [3.05, 3.63) is 37.5 Å². The van der Waals surface area contributed by atoms with Gasteiger partial charge in [-0.05, 0) is 19.5 Å². The summed E-state index contributed by atoms with van der Waals surface area (Å²) < 4.78 is 0. The van der Waals surface area contributed by atoms with Gasteiger partial charge in [0.25, 0.3) is 0 Å². The standard InChI is InChI=1S/C7H13N.C2H6.C2H4/c1-4-7(5-2)6-8-3;2*1-2/h4-5,8H,1,6H2,2-3H3;1-2H3;1-2H2/b7-5+;;. The highest BCUT2D eigenvalue weighted by molar-refractivity contribution is 5.16. The summed E-state index contributed by atoms with van der Waals surface area (Å²) in [6, 6.07) is 0. The third kappa shape index (κ3) is 16.1. The van der Waals surface area contributed by atoms with Gasteiger partial charge in [0, 0.05) is 6.54 Å². The summed E-state index contributed by atoms with van der Waals surface area (Å²) in [5.74, 6) is 0. The molecule has 0 amide bonds. The van der Waals surface area contributed by atoms with Crippen molar-refractivity contribution in [1.29, 1.82) is 0 Å². The third-order valence-electron chi connectivity index (χ3n) is 1.01. The van der Waals surface area contributed by atoms with Gasteiger partial charge >= 0.3 is 0 Å². The van der Waals surface area contributed by atoms with Crippen LogP contribution in [0.1, 0.15) is 20.8 Å². The lowest BCUT2D eigenvalue weighted by Gasteiger charge is -1.95. The van der Waals surface area contributed by atoms with Gasteiger partial charge in [0.1, 0.15) is 0 Å². The smallest absolute Gasteiger partial charge is 0.0199 e. The van der Waals surface area contributed by atoms with Crippen LogP contribution in [0.4, 0.5) is 0 Å². The summed E-state index contributed by atoms with van der Waals surface area (Å²) in [6.45, 7) is 16.6. The Labute approximate surface area is 77.9 Å². The van der Waals surface area contributed by atoms with Crippen LogP contribution in [0.25, 0.3) is 0 Å². The lowest BCUT2D eigenvalue weighted by molar-refractivity contribution is 0.894. The fourth-order valence-electron chi connectivity index (χ4n) is 0.496. The summed E-state index contributed by atoms with van der Waals surface area (Å²) in [5.41, 5.74) is 1.24. The normalized spacial score (nSPS) is 8.50. The van der Waals surface area contributed by atoms with E-state index in [1.54, 1.807) is 0 Å². The fourth-order valence-corrected chi connectivity index (χ4v) is 0.496. The van der Waals surface area contributed by atoms with Gasteiger partial charge in [0.2, 0.25) is 0 Å². The van der Waals surface area contributed by atoms with E-state index in [9.17, 15) is 0 Å². The van der Waals surface area contributed by atoms with Crippen molar-refractivity contribution in [2.24, 2.45) is 0 Å². The second-order valence-corrected chi connectivity index (χ2v) is 1.60. The summed E-state index contributed by atoms with van der Waals surface area (Å²) >= 11 is 0. The summed E-state index contributed by atoms with van der Waals surface area (Å²) in [7, 11) is 1.92. The number of hydrogen-bond acceptors (Lipinski definition) is 1. The molecule has 0 heterocycles. The zero-order valence-corrected chi connectivity index (χ0v) is 8.98. The van der Waals surface area contributed by atoms with Gasteiger partial charge in [-0.15, -0.1) is 13.2 Å². The zero-order valence-electron chi connectivity index (χ0n) is 8.98. The highest BCUT2D eigenvalue weighted by Gasteiger charge is 1.82. The molecule has 0 spiro atoms. The highest BCUT2D eigenvalue weighted by Crippen LogP contribution is 1.89. The molecule has 0 aromatic heterocycles. The second-order valence-electron chi connectivity index (χ2n) is 1.60. The first-order chi connectivity index (χ1) is 5.85. The van der Waals surface area contributed by atoms with Crippen LogP contribution < -0.4 is 5.32 Å². The van der Waals surface area contributed by atoms with Gasteiger partial charge in [-0.25, -0.2) is 0 Å². The maximum absolute atomic E-state index is 3.64. The van der Waals surface area contributed by atoms with E-state index in [1.807, 2.05) is 40.0 Å². The molecule has 0 fully saturated rings. The Morgan fingerprint density at radius 3 is 1.83 bits per heavy atom. The number of likely N-dealkylation sites (N-methyl/N-ethyl adjacent to an activating group) is 1. The Morgan fingerprint density at radius 1 is 1.33 bits per heavy atom. The average molecular weight is 169 g/mol. The maximum Gasteiger partial charge on any atom is 0.0199 e. The Kier molecular flexibility index (Phi) is 32.4. The fraction of sp³-hybridized carbons (Fsp3) is 0.455. The minimum absolute atomic E-state index is 0.917. The largest absolute Gasteiger partial charge is 0.316 e. The minimum atomic E-state index is 0.917. The molecule has 0 aromatic carbocycles. The molecule has 0 saturated heterocycles. The molecule has 0 aromatic rings. The van der Waals surface area contributed by atoms with Crippen LogP contribution in [-0.2, 0) is 0 Å². The first-order valence-electron chi connectivity index (χ1n) is 4.27. The molecule has 0 unspecified atom stereocenters. The van der Waals surface area contributed by atoms with E-state index >= 15 is 0 Å². The Balaban J connectivity index is -0.000000175. The van der Waals surface area contributed by atoms with Gasteiger partial charge in [0.15, 0.2) is 0 Å². The predicted octanol–water partition coefficient (Wildman–Crippen LogP) is 3.17. The molecule has 0 bridgehead atoms. The molecule has 0 atom stereocenters. The molecule has 0 aliphatic carbocycles. The molecule has 1 nitrogen and oxygen atoms in total. The van der Waals surface area contributed by atoms with Gasteiger partial charge in [-0.2, -0.15) is 0 Å². The topological polar surface area (TPSA) is 12.0 Å². The van der Waals surface area contributed by atoms with Crippen LogP contribution in [0.3, 0.4) is 0 Å². The molecule has 0 saturated carbocycles. The average Bonchev–Trinajstić information content (AvgIpc) is 2.20. The second kappa shape index (κ2) is 22.5. The molecular formula is C11H23N. The highest BCUT2D eigenvalue weighted by atomic mass is 14.8. The molecule has 0 aliphatic rings. The van der Waals surface area contributed by atoms with E-state index in [0.717, 1.165) is 6.54 Å². The van der Waals surface area contributed by atoms with Crippen molar-refractivity contribution in [3.8, 4) is 0 Å². The lowest BCUT2D eigenvalue weighted by Crippen LogP contribution is -2.08. The van der Waals surface area contributed by atoms with Gasteiger partial charge in [0.05, 0.1) is 0 Å². The Hall–Kier alpha value is -0.820. The summed E-state index contributed by atoms with van der Waals surface area (Å²) in [5, 5.41) is 3.03. The van der Waals surface area contributed by atoms with E-state index in [0.29, 0.717) is 0 Å². The molecule has 1 N–H and O–H groups in total. The molecule has 1 heteroatoms. The van der Waals surface area contributed by atoms with Crippen molar-refractivity contribution >= 4 is 0 Å². The maximum atomic E-state index is 3.64. The Bertz CT molecular complexity index is 104. The summed E-state index contributed by atoms with van der Waals surface area (Å²) in [6.07, 6.45) is 3.90. The first kappa shape index (κ1) is 17.3. The van der Waals surface area contributed by atoms with Crippen LogP contribution in [0.2, 0.25) is 0 Å². The lowest BCUT2D eigenvalue weighted by atomic mass is 10.2. The first-order valence-corrected chi connectivity index (χ1v) is 4.27. The molecule has 0 aliphatic heterocycles. The van der Waals surface area contributed by atoms with E-state index in [2.05, 4.69) is 25.1 Å². The number of allylic oxidation sites excluding steroid dienone is 1. The minimum Gasteiger partial charge on any atom is -0.316 e. The molecular weight excluding hydrogens is 146 g/mol. The predicted molar refractivity (Wildman–Crippen MR) is 60.5 cm³/mol. The van der Waals surface area contributed by atoms with E-state index in [-0.39, 0.29) is 0 Å².